The first kappa shape index (κ1) is 11.8. The number of hydrogen-bond donors (Lipinski definition) is 1. The lowest BCUT2D eigenvalue weighted by molar-refractivity contribution is 0.185. The standard InChI is InChI=1S/C13H19NOS/c1-10-13(6-7-16-10)14-12-5-3-4-11(8-12)9-15-2/h3-5,8,10,13-14H,6-7,9H2,1-2H3. The molecular weight excluding hydrogens is 218 g/mol. The predicted molar refractivity (Wildman–Crippen MR) is 71.1 cm³/mol. The van der Waals surface area contributed by atoms with Crippen molar-refractivity contribution in [2.24, 2.45) is 0 Å². The molecule has 1 aromatic rings. The molecule has 1 aliphatic rings. The largest absolute Gasteiger partial charge is 0.381 e. The average molecular weight is 237 g/mol. The zero-order valence-corrected chi connectivity index (χ0v) is 10.7. The summed E-state index contributed by atoms with van der Waals surface area (Å²) < 4.78 is 5.14. The van der Waals surface area contributed by atoms with Crippen molar-refractivity contribution in [1.82, 2.24) is 0 Å². The number of nitrogens with one attached hydrogen (secondary N) is 1. The monoisotopic (exact) mass is 237 g/mol. The molecule has 0 spiro atoms. The second-order valence-electron chi connectivity index (χ2n) is 4.25. The number of methoxy groups -OCH3 is 1. The number of hydrogen-bond acceptors (Lipinski definition) is 3. The third-order valence-electron chi connectivity index (χ3n) is 2.97. The van der Waals surface area contributed by atoms with Crippen molar-refractivity contribution >= 4 is 17.4 Å². The van der Waals surface area contributed by atoms with E-state index in [1.807, 2.05) is 0 Å². The smallest absolute Gasteiger partial charge is 0.0713 e. The number of benzene rings is 1. The molecule has 1 fully saturated rings. The Morgan fingerprint density at radius 1 is 1.50 bits per heavy atom. The van der Waals surface area contributed by atoms with E-state index in [4.69, 9.17) is 4.74 Å². The van der Waals surface area contributed by atoms with Gasteiger partial charge in [0.1, 0.15) is 0 Å². The van der Waals surface area contributed by atoms with Crippen molar-refractivity contribution in [3.8, 4) is 0 Å². The van der Waals surface area contributed by atoms with Crippen LogP contribution in [0.5, 0.6) is 0 Å². The van der Waals surface area contributed by atoms with Gasteiger partial charge in [-0.2, -0.15) is 11.8 Å². The van der Waals surface area contributed by atoms with E-state index in [0.717, 1.165) is 0 Å². The first-order valence-electron chi connectivity index (χ1n) is 5.75. The normalized spacial score (nSPS) is 24.6. The van der Waals surface area contributed by atoms with Crippen LogP contribution in [0.15, 0.2) is 24.3 Å². The molecule has 88 valence electrons. The lowest BCUT2D eigenvalue weighted by Crippen LogP contribution is -2.24. The first-order chi connectivity index (χ1) is 7.79. The zero-order chi connectivity index (χ0) is 11.4. The van der Waals surface area contributed by atoms with Gasteiger partial charge in [0.25, 0.3) is 0 Å². The van der Waals surface area contributed by atoms with Crippen molar-refractivity contribution in [2.45, 2.75) is 31.2 Å². The van der Waals surface area contributed by atoms with Crippen molar-refractivity contribution in [3.63, 3.8) is 0 Å². The van der Waals surface area contributed by atoms with E-state index in [0.29, 0.717) is 17.9 Å². The maximum atomic E-state index is 5.14. The molecule has 2 nitrogen and oxygen atoms in total. The Bertz CT molecular complexity index is 342. The number of rotatable bonds is 4. The minimum Gasteiger partial charge on any atom is -0.381 e. The van der Waals surface area contributed by atoms with Gasteiger partial charge in [0.15, 0.2) is 0 Å². The van der Waals surface area contributed by atoms with Crippen LogP contribution in [0.2, 0.25) is 0 Å². The second kappa shape index (κ2) is 5.60. The molecule has 0 aliphatic carbocycles. The van der Waals surface area contributed by atoms with E-state index in [1.165, 1.54) is 23.4 Å². The summed E-state index contributed by atoms with van der Waals surface area (Å²) in [5.41, 5.74) is 2.44. The van der Waals surface area contributed by atoms with E-state index >= 15 is 0 Å². The molecule has 0 radical (unpaired) electrons. The van der Waals surface area contributed by atoms with Crippen LogP contribution in [0.1, 0.15) is 18.9 Å². The third-order valence-corrected chi connectivity index (χ3v) is 4.29. The molecule has 2 rings (SSSR count). The van der Waals surface area contributed by atoms with Gasteiger partial charge in [0.2, 0.25) is 0 Å². The highest BCUT2D eigenvalue weighted by molar-refractivity contribution is 8.00. The molecule has 0 bridgehead atoms. The van der Waals surface area contributed by atoms with Crippen LogP contribution in [0.3, 0.4) is 0 Å². The van der Waals surface area contributed by atoms with Crippen molar-refractivity contribution in [2.75, 3.05) is 18.2 Å². The van der Waals surface area contributed by atoms with Gasteiger partial charge in [-0.1, -0.05) is 19.1 Å². The van der Waals surface area contributed by atoms with Crippen LogP contribution >= 0.6 is 11.8 Å². The molecule has 1 heterocycles. The number of anilines is 1. The molecule has 0 aromatic heterocycles. The summed E-state index contributed by atoms with van der Waals surface area (Å²) in [5, 5.41) is 4.33. The predicted octanol–water partition coefficient (Wildman–Crippen LogP) is 3.14. The highest BCUT2D eigenvalue weighted by atomic mass is 32.2. The van der Waals surface area contributed by atoms with Gasteiger partial charge >= 0.3 is 0 Å². The molecule has 1 N–H and O–H groups in total. The van der Waals surface area contributed by atoms with E-state index in [-0.39, 0.29) is 0 Å². The summed E-state index contributed by atoms with van der Waals surface area (Å²) in [7, 11) is 1.73. The van der Waals surface area contributed by atoms with Crippen LogP contribution in [0.4, 0.5) is 5.69 Å². The minimum atomic E-state index is 0.614. The van der Waals surface area contributed by atoms with Gasteiger partial charge in [-0.05, 0) is 29.9 Å². The van der Waals surface area contributed by atoms with Crippen LogP contribution in [0, 0.1) is 0 Å². The number of thioether (sulfide) groups is 1. The van der Waals surface area contributed by atoms with E-state index in [1.54, 1.807) is 7.11 Å². The Hall–Kier alpha value is -0.670. The van der Waals surface area contributed by atoms with Crippen molar-refractivity contribution in [3.05, 3.63) is 29.8 Å². The lowest BCUT2D eigenvalue weighted by Gasteiger charge is -2.18. The van der Waals surface area contributed by atoms with E-state index in [2.05, 4.69) is 48.3 Å². The highest BCUT2D eigenvalue weighted by Crippen LogP contribution is 2.28. The Morgan fingerprint density at radius 3 is 3.06 bits per heavy atom. The fourth-order valence-corrected chi connectivity index (χ4v) is 3.25. The van der Waals surface area contributed by atoms with Crippen LogP contribution in [-0.4, -0.2) is 24.2 Å². The van der Waals surface area contributed by atoms with Crippen LogP contribution < -0.4 is 5.32 Å². The highest BCUT2D eigenvalue weighted by Gasteiger charge is 2.23. The fourth-order valence-electron chi connectivity index (χ4n) is 2.05. The fraction of sp³-hybridized carbons (Fsp3) is 0.538. The third kappa shape index (κ3) is 2.92. The van der Waals surface area contributed by atoms with E-state index < -0.39 is 0 Å². The summed E-state index contributed by atoms with van der Waals surface area (Å²) in [4.78, 5) is 0. The molecule has 2 unspecified atom stereocenters. The molecule has 1 aromatic carbocycles. The topological polar surface area (TPSA) is 21.3 Å². The SMILES string of the molecule is COCc1cccc(NC2CCSC2C)c1. The summed E-state index contributed by atoms with van der Waals surface area (Å²) in [6, 6.07) is 9.11. The van der Waals surface area contributed by atoms with Gasteiger partial charge < -0.3 is 10.1 Å². The van der Waals surface area contributed by atoms with Crippen molar-refractivity contribution < 1.29 is 4.74 Å². The average Bonchev–Trinajstić information content (AvgIpc) is 2.66. The van der Waals surface area contributed by atoms with Crippen LogP contribution in [0.25, 0.3) is 0 Å². The summed E-state index contributed by atoms with van der Waals surface area (Å²) in [5.74, 6) is 1.27. The van der Waals surface area contributed by atoms with Gasteiger partial charge in [0, 0.05) is 24.1 Å². The molecule has 0 amide bonds. The first-order valence-corrected chi connectivity index (χ1v) is 6.80. The number of ether oxygens (including phenoxy) is 1. The minimum absolute atomic E-state index is 0.614. The van der Waals surface area contributed by atoms with Gasteiger partial charge in [-0.25, -0.2) is 0 Å². The molecule has 1 saturated heterocycles. The van der Waals surface area contributed by atoms with Gasteiger partial charge in [-0.15, -0.1) is 0 Å². The Morgan fingerprint density at radius 2 is 2.38 bits per heavy atom. The van der Waals surface area contributed by atoms with Crippen LogP contribution in [-0.2, 0) is 11.3 Å². The van der Waals surface area contributed by atoms with Gasteiger partial charge in [-0.3, -0.25) is 0 Å². The quantitative estimate of drug-likeness (QED) is 0.869. The summed E-state index contributed by atoms with van der Waals surface area (Å²) in [6.07, 6.45) is 1.26. The maximum Gasteiger partial charge on any atom is 0.0713 e. The molecule has 2 atom stereocenters. The Labute approximate surface area is 102 Å². The maximum absolute atomic E-state index is 5.14. The zero-order valence-electron chi connectivity index (χ0n) is 9.90. The van der Waals surface area contributed by atoms with E-state index in [9.17, 15) is 0 Å². The molecule has 3 heteroatoms. The Balaban J connectivity index is 2.00. The molecule has 16 heavy (non-hydrogen) atoms. The Kier molecular flexibility index (Phi) is 4.13. The molecule has 1 aliphatic heterocycles. The van der Waals surface area contributed by atoms with Crippen molar-refractivity contribution in [1.29, 1.82) is 0 Å². The summed E-state index contributed by atoms with van der Waals surface area (Å²) in [6.45, 7) is 2.98. The molecule has 0 saturated carbocycles. The second-order valence-corrected chi connectivity index (χ2v) is 5.73. The molecular formula is C13H19NOS. The summed E-state index contributed by atoms with van der Waals surface area (Å²) >= 11 is 2.05. The van der Waals surface area contributed by atoms with Gasteiger partial charge in [0.05, 0.1) is 6.61 Å². The lowest BCUT2D eigenvalue weighted by atomic mass is 10.1.